The topological polar surface area (TPSA) is 45.8 Å². The quantitative estimate of drug-likeness (QED) is 0.783. The van der Waals surface area contributed by atoms with Gasteiger partial charge in [0.2, 0.25) is 0 Å². The van der Waals surface area contributed by atoms with Crippen LogP contribution >= 0.6 is 11.3 Å². The van der Waals surface area contributed by atoms with E-state index in [4.69, 9.17) is 0 Å². The van der Waals surface area contributed by atoms with Crippen LogP contribution in [0.15, 0.2) is 40.5 Å². The van der Waals surface area contributed by atoms with Gasteiger partial charge in [-0.3, -0.25) is 4.79 Å². The molecular weight excluding hydrogens is 280 g/mol. The molecule has 108 valence electrons. The fraction of sp³-hybridized carbons (Fsp3) is 0.294. The fourth-order valence-corrected chi connectivity index (χ4v) is 3.33. The third kappa shape index (κ3) is 2.90. The molecule has 0 bridgehead atoms. The van der Waals surface area contributed by atoms with E-state index >= 15 is 0 Å². The molecule has 0 unspecified atom stereocenters. The molecule has 3 aromatic rings. The van der Waals surface area contributed by atoms with Gasteiger partial charge in [-0.1, -0.05) is 44.2 Å². The first-order valence-corrected chi connectivity index (χ1v) is 8.09. The number of rotatable bonds is 4. The van der Waals surface area contributed by atoms with Crippen molar-refractivity contribution >= 4 is 21.6 Å². The molecule has 3 rings (SSSR count). The summed E-state index contributed by atoms with van der Waals surface area (Å²) in [6.45, 7) is 4.35. The van der Waals surface area contributed by atoms with E-state index in [-0.39, 0.29) is 5.56 Å². The van der Waals surface area contributed by atoms with Gasteiger partial charge in [0.05, 0.1) is 5.39 Å². The zero-order valence-corrected chi connectivity index (χ0v) is 13.0. The Balaban J connectivity index is 2.06. The second-order valence-corrected chi connectivity index (χ2v) is 6.50. The molecule has 3 nitrogen and oxygen atoms in total. The van der Waals surface area contributed by atoms with Gasteiger partial charge in [0, 0.05) is 17.4 Å². The SMILES string of the molecule is CC(C)CCc1nc2scc(-c3ccccc3)c2c(=O)[nH]1. The Kier molecular flexibility index (Phi) is 3.88. The molecule has 0 saturated carbocycles. The lowest BCUT2D eigenvalue weighted by atomic mass is 10.1. The highest BCUT2D eigenvalue weighted by Crippen LogP contribution is 2.30. The Bertz CT molecular complexity index is 803. The Morgan fingerprint density at radius 2 is 2.00 bits per heavy atom. The first-order valence-electron chi connectivity index (χ1n) is 7.21. The van der Waals surface area contributed by atoms with Crippen molar-refractivity contribution < 1.29 is 0 Å². The van der Waals surface area contributed by atoms with Crippen molar-refractivity contribution in [2.75, 3.05) is 0 Å². The Hall–Kier alpha value is -1.94. The normalized spacial score (nSPS) is 11.4. The van der Waals surface area contributed by atoms with Crippen LogP contribution in [-0.4, -0.2) is 9.97 Å². The lowest BCUT2D eigenvalue weighted by Gasteiger charge is -2.04. The highest BCUT2D eigenvalue weighted by molar-refractivity contribution is 7.17. The number of hydrogen-bond acceptors (Lipinski definition) is 3. The van der Waals surface area contributed by atoms with Crippen LogP contribution in [0.2, 0.25) is 0 Å². The van der Waals surface area contributed by atoms with Gasteiger partial charge in [-0.15, -0.1) is 11.3 Å². The summed E-state index contributed by atoms with van der Waals surface area (Å²) < 4.78 is 0. The first-order chi connectivity index (χ1) is 10.1. The van der Waals surface area contributed by atoms with Crippen molar-refractivity contribution in [1.82, 2.24) is 9.97 Å². The monoisotopic (exact) mass is 298 g/mol. The third-order valence-electron chi connectivity index (χ3n) is 3.54. The third-order valence-corrected chi connectivity index (χ3v) is 4.41. The molecule has 0 aliphatic heterocycles. The van der Waals surface area contributed by atoms with Crippen LogP contribution < -0.4 is 5.56 Å². The average Bonchev–Trinajstić information content (AvgIpc) is 2.90. The number of hydrogen-bond donors (Lipinski definition) is 1. The summed E-state index contributed by atoms with van der Waals surface area (Å²) in [5.74, 6) is 1.40. The summed E-state index contributed by atoms with van der Waals surface area (Å²) in [6, 6.07) is 9.99. The Labute approximate surface area is 127 Å². The Morgan fingerprint density at radius 3 is 2.71 bits per heavy atom. The highest BCUT2D eigenvalue weighted by Gasteiger charge is 2.12. The molecule has 0 amide bonds. The van der Waals surface area contributed by atoms with Gasteiger partial charge in [-0.2, -0.15) is 0 Å². The van der Waals surface area contributed by atoms with Crippen LogP contribution in [0.4, 0.5) is 0 Å². The average molecular weight is 298 g/mol. The highest BCUT2D eigenvalue weighted by atomic mass is 32.1. The standard InChI is InChI=1S/C17H18N2OS/c1-11(2)8-9-14-18-16(20)15-13(10-21-17(15)19-14)12-6-4-3-5-7-12/h3-7,10-11H,8-9H2,1-2H3,(H,18,19,20). The molecule has 1 aromatic carbocycles. The van der Waals surface area contributed by atoms with Crippen LogP contribution in [0, 0.1) is 5.92 Å². The van der Waals surface area contributed by atoms with Crippen molar-refractivity contribution in [2.24, 2.45) is 5.92 Å². The van der Waals surface area contributed by atoms with E-state index in [9.17, 15) is 4.79 Å². The molecule has 0 atom stereocenters. The van der Waals surface area contributed by atoms with Crippen molar-refractivity contribution in [3.8, 4) is 11.1 Å². The maximum Gasteiger partial charge on any atom is 0.260 e. The minimum absolute atomic E-state index is 0.0288. The van der Waals surface area contributed by atoms with Gasteiger partial charge in [-0.05, 0) is 17.9 Å². The maximum atomic E-state index is 12.4. The number of aryl methyl sites for hydroxylation is 1. The second kappa shape index (κ2) is 5.82. The molecule has 1 N–H and O–H groups in total. The maximum absolute atomic E-state index is 12.4. The summed E-state index contributed by atoms with van der Waals surface area (Å²) in [7, 11) is 0. The number of aromatic amines is 1. The van der Waals surface area contributed by atoms with Crippen LogP contribution in [0.3, 0.4) is 0 Å². The zero-order chi connectivity index (χ0) is 14.8. The van der Waals surface area contributed by atoms with Crippen molar-refractivity contribution in [1.29, 1.82) is 0 Å². The van der Waals surface area contributed by atoms with Crippen LogP contribution in [0.5, 0.6) is 0 Å². The summed E-state index contributed by atoms with van der Waals surface area (Å²) in [5.41, 5.74) is 2.00. The van der Waals surface area contributed by atoms with Crippen molar-refractivity contribution in [3.63, 3.8) is 0 Å². The number of benzene rings is 1. The van der Waals surface area contributed by atoms with Gasteiger partial charge in [0.15, 0.2) is 0 Å². The van der Waals surface area contributed by atoms with Gasteiger partial charge >= 0.3 is 0 Å². The van der Waals surface area contributed by atoms with E-state index in [0.717, 1.165) is 34.6 Å². The van der Waals surface area contributed by atoms with E-state index < -0.39 is 0 Å². The first kappa shape index (κ1) is 14.0. The molecule has 0 radical (unpaired) electrons. The number of nitrogens with zero attached hydrogens (tertiary/aromatic N) is 1. The summed E-state index contributed by atoms with van der Waals surface area (Å²) in [4.78, 5) is 20.8. The van der Waals surface area contributed by atoms with Crippen LogP contribution in [0.1, 0.15) is 26.1 Å². The van der Waals surface area contributed by atoms with Gasteiger partial charge < -0.3 is 4.98 Å². The lowest BCUT2D eigenvalue weighted by Crippen LogP contribution is -2.12. The molecule has 0 aliphatic rings. The molecule has 0 fully saturated rings. The van der Waals surface area contributed by atoms with E-state index in [1.807, 2.05) is 35.7 Å². The van der Waals surface area contributed by atoms with Gasteiger partial charge in [0.1, 0.15) is 10.7 Å². The van der Waals surface area contributed by atoms with Gasteiger partial charge in [-0.25, -0.2) is 4.98 Å². The molecular formula is C17H18N2OS. The fourth-order valence-electron chi connectivity index (χ4n) is 2.37. The number of nitrogens with one attached hydrogen (secondary N) is 1. The predicted molar refractivity (Wildman–Crippen MR) is 88.8 cm³/mol. The predicted octanol–water partition coefficient (Wildman–Crippen LogP) is 4.24. The molecule has 21 heavy (non-hydrogen) atoms. The summed E-state index contributed by atoms with van der Waals surface area (Å²) >= 11 is 1.54. The van der Waals surface area contributed by atoms with Crippen molar-refractivity contribution in [3.05, 3.63) is 51.9 Å². The lowest BCUT2D eigenvalue weighted by molar-refractivity contribution is 0.575. The molecule has 2 aromatic heterocycles. The van der Waals surface area contributed by atoms with E-state index in [1.54, 1.807) is 11.3 Å². The minimum atomic E-state index is -0.0288. The zero-order valence-electron chi connectivity index (χ0n) is 12.2. The van der Waals surface area contributed by atoms with E-state index in [2.05, 4.69) is 23.8 Å². The number of thiophene rings is 1. The molecule has 0 saturated heterocycles. The van der Waals surface area contributed by atoms with E-state index in [1.165, 1.54) is 0 Å². The number of aromatic nitrogens is 2. The van der Waals surface area contributed by atoms with Crippen molar-refractivity contribution in [2.45, 2.75) is 26.7 Å². The number of H-pyrrole nitrogens is 1. The van der Waals surface area contributed by atoms with Gasteiger partial charge in [0.25, 0.3) is 5.56 Å². The number of fused-ring (bicyclic) bond motifs is 1. The second-order valence-electron chi connectivity index (χ2n) is 5.64. The smallest absolute Gasteiger partial charge is 0.260 e. The molecule has 2 heterocycles. The Morgan fingerprint density at radius 1 is 1.24 bits per heavy atom. The van der Waals surface area contributed by atoms with Crippen LogP contribution in [-0.2, 0) is 6.42 Å². The summed E-state index contributed by atoms with van der Waals surface area (Å²) in [5, 5.41) is 2.73. The molecule has 4 heteroatoms. The minimum Gasteiger partial charge on any atom is -0.310 e. The largest absolute Gasteiger partial charge is 0.310 e. The molecule has 0 aliphatic carbocycles. The summed E-state index contributed by atoms with van der Waals surface area (Å²) in [6.07, 6.45) is 1.85. The van der Waals surface area contributed by atoms with E-state index in [0.29, 0.717) is 11.3 Å². The molecule has 0 spiro atoms. The van der Waals surface area contributed by atoms with Crippen LogP contribution in [0.25, 0.3) is 21.3 Å².